The average Bonchev–Trinajstić information content (AvgIpc) is 2.63. The zero-order chi connectivity index (χ0) is 18.7. The van der Waals surface area contributed by atoms with Crippen molar-refractivity contribution in [3.8, 4) is 5.75 Å². The first-order chi connectivity index (χ1) is 12.0. The molecule has 0 aromatic heterocycles. The molecular weight excluding hydrogens is 316 g/mol. The second-order valence-corrected chi connectivity index (χ2v) is 6.22. The Balaban J connectivity index is 2.47. The minimum absolute atomic E-state index is 0.121. The molecule has 1 aromatic rings. The van der Waals surface area contributed by atoms with Crippen LogP contribution >= 0.6 is 0 Å². The van der Waals surface area contributed by atoms with Gasteiger partial charge in [0.05, 0.1) is 6.61 Å². The van der Waals surface area contributed by atoms with Gasteiger partial charge in [0.2, 0.25) is 0 Å². The van der Waals surface area contributed by atoms with Crippen molar-refractivity contribution >= 4 is 11.6 Å². The van der Waals surface area contributed by atoms with Crippen LogP contribution in [0, 0.1) is 0 Å². The number of hydrogen-bond acceptors (Lipinski definition) is 4. The predicted octanol–water partition coefficient (Wildman–Crippen LogP) is 3.94. The van der Waals surface area contributed by atoms with Crippen LogP contribution in [0.25, 0.3) is 0 Å². The molecule has 0 aliphatic rings. The van der Waals surface area contributed by atoms with E-state index in [1.54, 1.807) is 0 Å². The maximum absolute atomic E-state index is 12.4. The molecule has 0 spiro atoms. The highest BCUT2D eigenvalue weighted by molar-refractivity contribution is 5.97. The highest BCUT2D eigenvalue weighted by atomic mass is 16.5. The second-order valence-electron chi connectivity index (χ2n) is 6.22. The van der Waals surface area contributed by atoms with E-state index < -0.39 is 5.60 Å². The van der Waals surface area contributed by atoms with Crippen molar-refractivity contribution in [3.05, 3.63) is 24.3 Å². The molecule has 1 rings (SSSR count). The summed E-state index contributed by atoms with van der Waals surface area (Å²) in [5, 5.41) is 2.92. The molecule has 0 bridgehead atoms. The first kappa shape index (κ1) is 21.5. The maximum Gasteiger partial charge on any atom is 0.256 e. The standard InChI is InChI=1S/C20H34N2O3/c1-6-20(5,25-9-4)19(23)21-17-11-13-18(14-12-17)24-16-10-15-22(7-2)8-3/h11-14H,6-10,15-16H2,1-5H3,(H,21,23). The van der Waals surface area contributed by atoms with Crippen molar-refractivity contribution in [2.75, 3.05) is 38.2 Å². The lowest BCUT2D eigenvalue weighted by Gasteiger charge is -2.26. The molecule has 1 aromatic carbocycles. The quantitative estimate of drug-likeness (QED) is 0.580. The molecule has 1 atom stereocenters. The van der Waals surface area contributed by atoms with Crippen LogP contribution in [0.3, 0.4) is 0 Å². The van der Waals surface area contributed by atoms with Gasteiger partial charge in [0.25, 0.3) is 5.91 Å². The minimum Gasteiger partial charge on any atom is -0.494 e. The van der Waals surface area contributed by atoms with E-state index >= 15 is 0 Å². The Morgan fingerprint density at radius 2 is 1.76 bits per heavy atom. The fourth-order valence-corrected chi connectivity index (χ4v) is 2.56. The van der Waals surface area contributed by atoms with E-state index in [9.17, 15) is 4.79 Å². The van der Waals surface area contributed by atoms with Gasteiger partial charge in [-0.25, -0.2) is 0 Å². The van der Waals surface area contributed by atoms with Gasteiger partial charge < -0.3 is 19.7 Å². The van der Waals surface area contributed by atoms with E-state index in [2.05, 4.69) is 24.1 Å². The van der Waals surface area contributed by atoms with Crippen molar-refractivity contribution in [3.63, 3.8) is 0 Å². The number of amides is 1. The van der Waals surface area contributed by atoms with Crippen LogP contribution in [-0.2, 0) is 9.53 Å². The summed E-state index contributed by atoms with van der Waals surface area (Å²) in [7, 11) is 0. The Labute approximate surface area is 152 Å². The van der Waals surface area contributed by atoms with Gasteiger partial charge in [-0.2, -0.15) is 0 Å². The molecule has 0 aliphatic heterocycles. The number of carbonyl (C=O) groups is 1. The molecule has 0 heterocycles. The first-order valence-electron chi connectivity index (χ1n) is 9.39. The Morgan fingerprint density at radius 3 is 2.28 bits per heavy atom. The molecule has 1 amide bonds. The molecule has 1 N–H and O–H groups in total. The molecule has 0 saturated heterocycles. The molecule has 0 fully saturated rings. The Hall–Kier alpha value is -1.59. The molecule has 5 heteroatoms. The summed E-state index contributed by atoms with van der Waals surface area (Å²) in [6.07, 6.45) is 1.63. The molecular formula is C20H34N2O3. The zero-order valence-electron chi connectivity index (χ0n) is 16.4. The summed E-state index contributed by atoms with van der Waals surface area (Å²) < 4.78 is 11.4. The van der Waals surface area contributed by atoms with Crippen molar-refractivity contribution in [2.45, 2.75) is 53.1 Å². The van der Waals surface area contributed by atoms with Gasteiger partial charge in [-0.1, -0.05) is 20.8 Å². The lowest BCUT2D eigenvalue weighted by atomic mass is 10.0. The number of anilines is 1. The van der Waals surface area contributed by atoms with E-state index in [0.29, 0.717) is 19.6 Å². The third-order valence-corrected chi connectivity index (χ3v) is 4.51. The van der Waals surface area contributed by atoms with Gasteiger partial charge in [0.15, 0.2) is 0 Å². The van der Waals surface area contributed by atoms with E-state index in [0.717, 1.165) is 37.5 Å². The molecule has 142 valence electrons. The normalized spacial score (nSPS) is 13.5. The topological polar surface area (TPSA) is 50.8 Å². The summed E-state index contributed by atoms with van der Waals surface area (Å²) in [5.41, 5.74) is -0.0474. The first-order valence-corrected chi connectivity index (χ1v) is 9.39. The van der Waals surface area contributed by atoms with Gasteiger partial charge >= 0.3 is 0 Å². The smallest absolute Gasteiger partial charge is 0.256 e. The molecule has 5 nitrogen and oxygen atoms in total. The lowest BCUT2D eigenvalue weighted by molar-refractivity contribution is -0.139. The maximum atomic E-state index is 12.4. The van der Waals surface area contributed by atoms with Gasteiger partial charge in [-0.15, -0.1) is 0 Å². The largest absolute Gasteiger partial charge is 0.494 e. The van der Waals surface area contributed by atoms with E-state index in [1.807, 2.05) is 45.0 Å². The highest BCUT2D eigenvalue weighted by Crippen LogP contribution is 2.20. The number of nitrogens with one attached hydrogen (secondary N) is 1. The van der Waals surface area contributed by atoms with E-state index in [4.69, 9.17) is 9.47 Å². The fourth-order valence-electron chi connectivity index (χ4n) is 2.56. The highest BCUT2D eigenvalue weighted by Gasteiger charge is 2.31. The van der Waals surface area contributed by atoms with Crippen molar-refractivity contribution in [1.82, 2.24) is 4.90 Å². The summed E-state index contributed by atoms with van der Waals surface area (Å²) in [4.78, 5) is 14.8. The number of benzene rings is 1. The molecule has 25 heavy (non-hydrogen) atoms. The van der Waals surface area contributed by atoms with Gasteiger partial charge in [0.1, 0.15) is 11.4 Å². The lowest BCUT2D eigenvalue weighted by Crippen LogP contribution is -2.42. The van der Waals surface area contributed by atoms with Crippen molar-refractivity contribution in [1.29, 1.82) is 0 Å². The summed E-state index contributed by atoms with van der Waals surface area (Å²) in [6.45, 7) is 14.4. The monoisotopic (exact) mass is 350 g/mol. The Morgan fingerprint density at radius 1 is 1.12 bits per heavy atom. The summed E-state index contributed by atoms with van der Waals surface area (Å²) in [5.74, 6) is 0.699. The summed E-state index contributed by atoms with van der Waals surface area (Å²) >= 11 is 0. The van der Waals surface area contributed by atoms with Crippen LogP contribution in [-0.4, -0.2) is 49.3 Å². The van der Waals surface area contributed by atoms with Gasteiger partial charge in [-0.05, 0) is 64.0 Å². The third kappa shape index (κ3) is 7.04. The van der Waals surface area contributed by atoms with Gasteiger partial charge in [-0.3, -0.25) is 4.79 Å². The number of nitrogens with zero attached hydrogens (tertiary/aromatic N) is 1. The summed E-state index contributed by atoms with van der Waals surface area (Å²) in [6, 6.07) is 7.49. The number of ether oxygens (including phenoxy) is 2. The Kier molecular flexibility index (Phi) is 9.53. The van der Waals surface area contributed by atoms with Crippen LogP contribution in [0.2, 0.25) is 0 Å². The van der Waals surface area contributed by atoms with E-state index in [1.165, 1.54) is 0 Å². The average molecular weight is 351 g/mol. The predicted molar refractivity (Wildman–Crippen MR) is 103 cm³/mol. The van der Waals surface area contributed by atoms with Crippen LogP contribution in [0.1, 0.15) is 47.5 Å². The van der Waals surface area contributed by atoms with Gasteiger partial charge in [0, 0.05) is 18.8 Å². The number of hydrogen-bond donors (Lipinski definition) is 1. The van der Waals surface area contributed by atoms with Crippen LogP contribution < -0.4 is 10.1 Å². The van der Waals surface area contributed by atoms with Crippen molar-refractivity contribution in [2.24, 2.45) is 0 Å². The minimum atomic E-state index is -0.797. The van der Waals surface area contributed by atoms with Crippen LogP contribution in [0.5, 0.6) is 5.75 Å². The molecule has 1 unspecified atom stereocenters. The molecule has 0 radical (unpaired) electrons. The second kappa shape index (κ2) is 11.1. The Bertz CT molecular complexity index is 500. The molecule has 0 aliphatic carbocycles. The fraction of sp³-hybridized carbons (Fsp3) is 0.650. The number of carbonyl (C=O) groups excluding carboxylic acids is 1. The van der Waals surface area contributed by atoms with Crippen LogP contribution in [0.15, 0.2) is 24.3 Å². The van der Waals surface area contributed by atoms with Crippen LogP contribution in [0.4, 0.5) is 5.69 Å². The third-order valence-electron chi connectivity index (χ3n) is 4.51. The zero-order valence-corrected chi connectivity index (χ0v) is 16.4. The van der Waals surface area contributed by atoms with Crippen molar-refractivity contribution < 1.29 is 14.3 Å². The SMILES string of the molecule is CCOC(C)(CC)C(=O)Nc1ccc(OCCCN(CC)CC)cc1. The van der Waals surface area contributed by atoms with E-state index in [-0.39, 0.29) is 5.91 Å². The molecule has 0 saturated carbocycles. The number of rotatable bonds is 12.